The summed E-state index contributed by atoms with van der Waals surface area (Å²) in [6.45, 7) is 6.08. The molecule has 0 aliphatic heterocycles. The van der Waals surface area contributed by atoms with E-state index < -0.39 is 0 Å². The fourth-order valence-corrected chi connectivity index (χ4v) is 2.83. The van der Waals surface area contributed by atoms with Gasteiger partial charge in [0.1, 0.15) is 5.82 Å². The minimum atomic E-state index is 0.0664. The summed E-state index contributed by atoms with van der Waals surface area (Å²) in [5, 5.41) is 0. The second-order valence-electron chi connectivity index (χ2n) is 6.10. The molecule has 4 heteroatoms. The van der Waals surface area contributed by atoms with E-state index in [0.29, 0.717) is 13.1 Å². The second kappa shape index (κ2) is 7.79. The van der Waals surface area contributed by atoms with Crippen LogP contribution in [-0.4, -0.2) is 26.9 Å². The highest BCUT2D eigenvalue weighted by Gasteiger charge is 2.14. The van der Waals surface area contributed by atoms with E-state index in [1.165, 1.54) is 0 Å². The predicted octanol–water partition coefficient (Wildman–Crippen LogP) is 3.90. The molecular weight excluding hydrogens is 310 g/mol. The first kappa shape index (κ1) is 17.0. The van der Waals surface area contributed by atoms with Crippen LogP contribution in [0.1, 0.15) is 34.2 Å². The van der Waals surface area contributed by atoms with E-state index in [1.54, 1.807) is 6.20 Å². The molecule has 0 atom stereocenters. The predicted molar refractivity (Wildman–Crippen MR) is 99.4 cm³/mol. The standard InChI is InChI=1S/C21H23N3O/c1-3-23(15-18-7-5-4-6-8-18)21(25)20-11-9-19(10-12-20)16-24-14-13-22-17(24)2/h4-14H,3,15-16H2,1-2H3. The van der Waals surface area contributed by atoms with Crippen LogP contribution in [0.4, 0.5) is 0 Å². The Labute approximate surface area is 148 Å². The molecule has 25 heavy (non-hydrogen) atoms. The van der Waals surface area contributed by atoms with Crippen LogP contribution in [-0.2, 0) is 13.1 Å². The van der Waals surface area contributed by atoms with Crippen LogP contribution in [0.25, 0.3) is 0 Å². The van der Waals surface area contributed by atoms with Gasteiger partial charge in [-0.2, -0.15) is 0 Å². The number of carbonyl (C=O) groups is 1. The SMILES string of the molecule is CCN(Cc1ccccc1)C(=O)c1ccc(Cn2ccnc2C)cc1. The van der Waals surface area contributed by atoms with Gasteiger partial charge in [0.05, 0.1) is 0 Å². The highest BCUT2D eigenvalue weighted by Crippen LogP contribution is 2.12. The van der Waals surface area contributed by atoms with E-state index in [0.717, 1.165) is 29.1 Å². The van der Waals surface area contributed by atoms with Crippen LogP contribution in [0.3, 0.4) is 0 Å². The van der Waals surface area contributed by atoms with Gasteiger partial charge in [-0.1, -0.05) is 42.5 Å². The van der Waals surface area contributed by atoms with Gasteiger partial charge in [-0.3, -0.25) is 4.79 Å². The quantitative estimate of drug-likeness (QED) is 0.686. The lowest BCUT2D eigenvalue weighted by Gasteiger charge is -2.21. The maximum atomic E-state index is 12.8. The van der Waals surface area contributed by atoms with Crippen molar-refractivity contribution in [2.45, 2.75) is 26.9 Å². The lowest BCUT2D eigenvalue weighted by atomic mass is 10.1. The van der Waals surface area contributed by atoms with Crippen molar-refractivity contribution in [1.29, 1.82) is 0 Å². The Kier molecular flexibility index (Phi) is 5.29. The molecule has 4 nitrogen and oxygen atoms in total. The third-order valence-electron chi connectivity index (χ3n) is 4.36. The molecule has 0 fully saturated rings. The number of carbonyl (C=O) groups excluding carboxylic acids is 1. The molecule has 128 valence electrons. The van der Waals surface area contributed by atoms with Crippen LogP contribution in [0.2, 0.25) is 0 Å². The number of hydrogen-bond acceptors (Lipinski definition) is 2. The van der Waals surface area contributed by atoms with Crippen LogP contribution < -0.4 is 0 Å². The zero-order chi connectivity index (χ0) is 17.6. The Morgan fingerprint density at radius 2 is 1.76 bits per heavy atom. The number of aromatic nitrogens is 2. The Hall–Kier alpha value is -2.88. The third kappa shape index (κ3) is 4.15. The fourth-order valence-electron chi connectivity index (χ4n) is 2.83. The minimum absolute atomic E-state index is 0.0664. The molecule has 0 aliphatic rings. The Morgan fingerprint density at radius 1 is 1.04 bits per heavy atom. The van der Waals surface area contributed by atoms with Crippen molar-refractivity contribution < 1.29 is 4.79 Å². The highest BCUT2D eigenvalue weighted by molar-refractivity contribution is 5.94. The molecule has 0 saturated carbocycles. The first-order chi connectivity index (χ1) is 12.2. The lowest BCUT2D eigenvalue weighted by molar-refractivity contribution is 0.0752. The molecule has 0 unspecified atom stereocenters. The lowest BCUT2D eigenvalue weighted by Crippen LogP contribution is -2.30. The van der Waals surface area contributed by atoms with Crippen molar-refractivity contribution in [3.8, 4) is 0 Å². The molecular formula is C21H23N3O. The number of imidazole rings is 1. The van der Waals surface area contributed by atoms with Gasteiger partial charge >= 0.3 is 0 Å². The van der Waals surface area contributed by atoms with E-state index in [1.807, 2.05) is 79.5 Å². The summed E-state index contributed by atoms with van der Waals surface area (Å²) in [6.07, 6.45) is 3.77. The van der Waals surface area contributed by atoms with E-state index in [2.05, 4.69) is 9.55 Å². The van der Waals surface area contributed by atoms with Gasteiger partial charge in [0.25, 0.3) is 5.91 Å². The van der Waals surface area contributed by atoms with Crippen molar-refractivity contribution in [2.75, 3.05) is 6.54 Å². The first-order valence-electron chi connectivity index (χ1n) is 8.57. The van der Waals surface area contributed by atoms with Gasteiger partial charge in [-0.05, 0) is 37.1 Å². The molecule has 0 spiro atoms. The zero-order valence-electron chi connectivity index (χ0n) is 14.7. The molecule has 3 aromatic rings. The van der Waals surface area contributed by atoms with Gasteiger partial charge in [0.2, 0.25) is 0 Å². The van der Waals surface area contributed by atoms with Crippen LogP contribution >= 0.6 is 0 Å². The smallest absolute Gasteiger partial charge is 0.254 e. The van der Waals surface area contributed by atoms with Gasteiger partial charge in [-0.15, -0.1) is 0 Å². The van der Waals surface area contributed by atoms with E-state index in [9.17, 15) is 4.79 Å². The summed E-state index contributed by atoms with van der Waals surface area (Å²) in [6, 6.07) is 17.9. The van der Waals surface area contributed by atoms with E-state index in [4.69, 9.17) is 0 Å². The van der Waals surface area contributed by atoms with Crippen molar-refractivity contribution in [3.05, 3.63) is 89.5 Å². The number of amides is 1. The summed E-state index contributed by atoms with van der Waals surface area (Å²) in [4.78, 5) is 18.9. The summed E-state index contributed by atoms with van der Waals surface area (Å²) >= 11 is 0. The zero-order valence-corrected chi connectivity index (χ0v) is 14.7. The summed E-state index contributed by atoms with van der Waals surface area (Å²) in [7, 11) is 0. The average Bonchev–Trinajstić information content (AvgIpc) is 3.05. The van der Waals surface area contributed by atoms with Crippen LogP contribution in [0, 0.1) is 6.92 Å². The molecule has 0 saturated heterocycles. The third-order valence-corrected chi connectivity index (χ3v) is 4.36. The maximum Gasteiger partial charge on any atom is 0.254 e. The number of hydrogen-bond donors (Lipinski definition) is 0. The number of benzene rings is 2. The maximum absolute atomic E-state index is 12.8. The molecule has 1 heterocycles. The molecule has 1 aromatic heterocycles. The van der Waals surface area contributed by atoms with Gasteiger partial charge in [-0.25, -0.2) is 4.98 Å². The van der Waals surface area contributed by atoms with Crippen molar-refractivity contribution >= 4 is 5.91 Å². The number of aryl methyl sites for hydroxylation is 1. The minimum Gasteiger partial charge on any atom is -0.335 e. The first-order valence-corrected chi connectivity index (χ1v) is 8.57. The normalized spacial score (nSPS) is 10.6. The van der Waals surface area contributed by atoms with Crippen LogP contribution in [0.5, 0.6) is 0 Å². The Bertz CT molecular complexity index is 822. The molecule has 1 amide bonds. The Balaban J connectivity index is 1.69. The average molecular weight is 333 g/mol. The molecule has 0 aliphatic carbocycles. The van der Waals surface area contributed by atoms with E-state index >= 15 is 0 Å². The van der Waals surface area contributed by atoms with Gasteiger partial charge in [0.15, 0.2) is 0 Å². The second-order valence-corrected chi connectivity index (χ2v) is 6.10. The monoisotopic (exact) mass is 333 g/mol. The Morgan fingerprint density at radius 3 is 2.36 bits per heavy atom. The molecule has 0 radical (unpaired) electrons. The van der Waals surface area contributed by atoms with Crippen molar-refractivity contribution in [2.24, 2.45) is 0 Å². The van der Waals surface area contributed by atoms with Crippen LogP contribution in [0.15, 0.2) is 67.0 Å². The fraction of sp³-hybridized carbons (Fsp3) is 0.238. The summed E-state index contributed by atoms with van der Waals surface area (Å²) < 4.78 is 2.09. The van der Waals surface area contributed by atoms with Crippen molar-refractivity contribution in [3.63, 3.8) is 0 Å². The summed E-state index contributed by atoms with van der Waals surface area (Å²) in [5.41, 5.74) is 3.03. The molecule has 3 rings (SSSR count). The molecule has 0 N–H and O–H groups in total. The van der Waals surface area contributed by atoms with Gasteiger partial charge < -0.3 is 9.47 Å². The highest BCUT2D eigenvalue weighted by atomic mass is 16.2. The number of rotatable bonds is 6. The largest absolute Gasteiger partial charge is 0.335 e. The molecule has 0 bridgehead atoms. The van der Waals surface area contributed by atoms with E-state index in [-0.39, 0.29) is 5.91 Å². The molecule has 2 aromatic carbocycles. The van der Waals surface area contributed by atoms with Gasteiger partial charge in [0, 0.05) is 37.6 Å². The number of nitrogens with zero attached hydrogens (tertiary/aromatic N) is 3. The van der Waals surface area contributed by atoms with Crippen molar-refractivity contribution in [1.82, 2.24) is 14.5 Å². The topological polar surface area (TPSA) is 38.1 Å². The summed E-state index contributed by atoms with van der Waals surface area (Å²) in [5.74, 6) is 1.05.